The Kier molecular flexibility index (Phi) is 25.5. The predicted octanol–water partition coefficient (Wildman–Crippen LogP) is 15.3. The van der Waals surface area contributed by atoms with Crippen LogP contribution >= 0.6 is 0 Å². The molecule has 10 atom stereocenters. The Balaban J connectivity index is 0.910. The average molecular weight is 924 g/mol. The molecular weight excluding hydrogens is 817 g/mol. The second kappa shape index (κ2) is 30.4. The largest absolute Gasteiger partial charge is 0.446 e. The zero-order valence-corrected chi connectivity index (χ0v) is 44.4. The molecule has 5 unspecified atom stereocenters. The van der Waals surface area contributed by atoms with Crippen LogP contribution in [0.4, 0.5) is 4.79 Å². The van der Waals surface area contributed by atoms with Crippen molar-refractivity contribution in [1.82, 2.24) is 10.2 Å². The number of carbonyl (C=O) groups is 1. The molecule has 1 amide bonds. The SMILES string of the molecule is CCCCCCCCC=CCCCCCCCCOCC(CN1CCCC(C)C1)OCCOCCNC(=O)O[C@H]1CC[C@@]2(C)C(=CC[C@H]3C4CCC([C@@H](C)CCCC(C)C)[C@@]4(C)CCC32)C1. The smallest absolute Gasteiger partial charge is 0.407 e. The van der Waals surface area contributed by atoms with Crippen LogP contribution in [0.5, 0.6) is 0 Å². The second-order valence-electron chi connectivity index (χ2n) is 23.6. The lowest BCUT2D eigenvalue weighted by Gasteiger charge is -2.58. The van der Waals surface area contributed by atoms with Gasteiger partial charge in [0.15, 0.2) is 0 Å². The molecule has 1 heterocycles. The number of hydrogen-bond acceptors (Lipinski definition) is 6. The van der Waals surface area contributed by atoms with Crippen molar-refractivity contribution >= 4 is 6.09 Å². The summed E-state index contributed by atoms with van der Waals surface area (Å²) in [4.78, 5) is 15.5. The van der Waals surface area contributed by atoms with Crippen LogP contribution in [0.15, 0.2) is 23.8 Å². The maximum Gasteiger partial charge on any atom is 0.407 e. The van der Waals surface area contributed by atoms with Crippen LogP contribution in [-0.4, -0.2) is 82.4 Å². The third kappa shape index (κ3) is 18.1. The highest BCUT2D eigenvalue weighted by Gasteiger charge is 2.59. The van der Waals surface area contributed by atoms with E-state index >= 15 is 0 Å². The first-order valence-corrected chi connectivity index (χ1v) is 28.8. The van der Waals surface area contributed by atoms with E-state index in [4.69, 9.17) is 18.9 Å². The van der Waals surface area contributed by atoms with Crippen molar-refractivity contribution in [1.29, 1.82) is 0 Å². The van der Waals surface area contributed by atoms with Gasteiger partial charge in [-0.2, -0.15) is 0 Å². The average Bonchev–Trinajstić information content (AvgIpc) is 3.65. The fourth-order valence-electron chi connectivity index (χ4n) is 14.1. The number of nitrogens with zero attached hydrogens (tertiary/aromatic N) is 1. The predicted molar refractivity (Wildman–Crippen MR) is 277 cm³/mol. The van der Waals surface area contributed by atoms with E-state index in [-0.39, 0.29) is 23.7 Å². The van der Waals surface area contributed by atoms with E-state index < -0.39 is 0 Å². The molecule has 5 aliphatic rings. The molecule has 5 rings (SSSR count). The van der Waals surface area contributed by atoms with Gasteiger partial charge in [0.1, 0.15) is 6.10 Å². The van der Waals surface area contributed by atoms with Gasteiger partial charge in [0.2, 0.25) is 0 Å². The summed E-state index contributed by atoms with van der Waals surface area (Å²) in [5, 5.41) is 2.98. The van der Waals surface area contributed by atoms with Gasteiger partial charge in [-0.25, -0.2) is 4.79 Å². The number of piperidine rings is 1. The molecule has 7 nitrogen and oxygen atoms in total. The molecule has 0 bridgehead atoms. The van der Waals surface area contributed by atoms with E-state index in [0.29, 0.717) is 38.4 Å². The Labute approximate surface area is 407 Å². The number of allylic oxidation sites excluding steroid dienone is 3. The van der Waals surface area contributed by atoms with Gasteiger partial charge < -0.3 is 29.2 Å². The Morgan fingerprint density at radius 2 is 1.55 bits per heavy atom. The number of ether oxygens (including phenoxy) is 4. The van der Waals surface area contributed by atoms with Crippen molar-refractivity contribution < 1.29 is 23.7 Å². The van der Waals surface area contributed by atoms with E-state index in [2.05, 4.69) is 76.9 Å². The molecule has 4 fully saturated rings. The first-order chi connectivity index (χ1) is 32.0. The Hall–Kier alpha value is -1.41. The van der Waals surface area contributed by atoms with E-state index in [1.54, 1.807) is 5.57 Å². The van der Waals surface area contributed by atoms with Gasteiger partial charge in [0.25, 0.3) is 0 Å². The Morgan fingerprint density at radius 3 is 2.29 bits per heavy atom. The van der Waals surface area contributed by atoms with Crippen molar-refractivity contribution in [2.75, 3.05) is 59.2 Å². The molecule has 0 aromatic carbocycles. The minimum Gasteiger partial charge on any atom is -0.446 e. The van der Waals surface area contributed by atoms with E-state index in [1.165, 1.54) is 148 Å². The molecule has 1 N–H and O–H groups in total. The molecule has 1 aliphatic heterocycles. The molecule has 382 valence electrons. The molecule has 0 spiro atoms. The molecule has 3 saturated carbocycles. The van der Waals surface area contributed by atoms with E-state index in [1.807, 2.05) is 0 Å². The van der Waals surface area contributed by atoms with Gasteiger partial charge in [-0.15, -0.1) is 0 Å². The maximum absolute atomic E-state index is 13.0. The molecule has 0 aromatic rings. The maximum atomic E-state index is 13.0. The summed E-state index contributed by atoms with van der Waals surface area (Å²) in [6.07, 6.45) is 42.3. The van der Waals surface area contributed by atoms with Crippen molar-refractivity contribution in [3.05, 3.63) is 23.8 Å². The summed E-state index contributed by atoms with van der Waals surface area (Å²) in [5.41, 5.74) is 2.36. The van der Waals surface area contributed by atoms with Gasteiger partial charge in [-0.05, 0) is 149 Å². The minimum atomic E-state index is -0.305. The van der Waals surface area contributed by atoms with Gasteiger partial charge in [0, 0.05) is 32.7 Å². The van der Waals surface area contributed by atoms with Crippen LogP contribution in [-0.2, 0) is 18.9 Å². The summed E-state index contributed by atoms with van der Waals surface area (Å²) in [7, 11) is 0. The number of carbonyl (C=O) groups excluding carboxylic acids is 1. The zero-order chi connectivity index (χ0) is 47.0. The Morgan fingerprint density at radius 1 is 0.803 bits per heavy atom. The number of nitrogens with one attached hydrogen (secondary N) is 1. The highest BCUT2D eigenvalue weighted by Crippen LogP contribution is 2.67. The third-order valence-electron chi connectivity index (χ3n) is 17.9. The van der Waals surface area contributed by atoms with Crippen molar-refractivity contribution in [2.24, 2.45) is 52.3 Å². The van der Waals surface area contributed by atoms with Crippen molar-refractivity contribution in [2.45, 2.75) is 234 Å². The molecule has 7 heteroatoms. The number of rotatable bonds is 33. The third-order valence-corrected chi connectivity index (χ3v) is 17.9. The molecule has 0 aromatic heterocycles. The number of unbranched alkanes of at least 4 members (excludes halogenated alkanes) is 12. The second-order valence-corrected chi connectivity index (χ2v) is 23.6. The highest BCUT2D eigenvalue weighted by molar-refractivity contribution is 5.67. The monoisotopic (exact) mass is 923 g/mol. The first-order valence-electron chi connectivity index (χ1n) is 28.8. The van der Waals surface area contributed by atoms with Crippen LogP contribution in [0.25, 0.3) is 0 Å². The normalized spacial score (nSPS) is 29.9. The van der Waals surface area contributed by atoms with Crippen molar-refractivity contribution in [3.8, 4) is 0 Å². The van der Waals surface area contributed by atoms with Gasteiger partial charge in [0.05, 0.1) is 32.5 Å². The number of hydrogen-bond donors (Lipinski definition) is 1. The van der Waals surface area contributed by atoms with Gasteiger partial charge in [-0.1, -0.05) is 149 Å². The minimum absolute atomic E-state index is 0.0319. The number of alkyl carbamates (subject to hydrolysis) is 1. The topological polar surface area (TPSA) is 69.3 Å². The van der Waals surface area contributed by atoms with Crippen molar-refractivity contribution in [3.63, 3.8) is 0 Å². The van der Waals surface area contributed by atoms with Crippen LogP contribution in [0.3, 0.4) is 0 Å². The first kappa shape index (κ1) is 55.5. The molecule has 1 saturated heterocycles. The lowest BCUT2D eigenvalue weighted by Crippen LogP contribution is -2.51. The Bertz CT molecular complexity index is 1380. The van der Waals surface area contributed by atoms with E-state index in [9.17, 15) is 4.79 Å². The highest BCUT2D eigenvalue weighted by atomic mass is 16.6. The lowest BCUT2D eigenvalue weighted by atomic mass is 9.47. The van der Waals surface area contributed by atoms with Crippen LogP contribution in [0.2, 0.25) is 0 Å². The van der Waals surface area contributed by atoms with Gasteiger partial charge in [-0.3, -0.25) is 0 Å². The van der Waals surface area contributed by atoms with Crippen LogP contribution < -0.4 is 5.32 Å². The van der Waals surface area contributed by atoms with Crippen LogP contribution in [0.1, 0.15) is 222 Å². The van der Waals surface area contributed by atoms with E-state index in [0.717, 1.165) is 93.3 Å². The van der Waals surface area contributed by atoms with Crippen LogP contribution in [0, 0.1) is 52.3 Å². The standard InChI is InChI=1S/C59H106N2O5/c1-8-9-10-11-12-13-14-15-16-17-18-19-20-21-22-23-39-64-46-52(45-61-38-25-27-48(4)44-61)65-42-41-63-40-37-60-57(62)66-51-33-35-58(6)50(43-51)29-30-53-55-32-31-54(49(5)28-24-26-47(2)3)59(55,7)36-34-56(53)58/h15-16,29,47-49,51-56H,8-14,17-28,30-46H2,1-7H3,(H,60,62)/t48?,49-,51-,52?,53-,54?,55?,56?,58-,59+/m0/s1. The van der Waals surface area contributed by atoms with Gasteiger partial charge >= 0.3 is 6.09 Å². The number of fused-ring (bicyclic) bond motifs is 5. The summed E-state index contributed by atoms with van der Waals surface area (Å²) in [6.45, 7) is 23.8. The quantitative estimate of drug-likeness (QED) is 0.0522. The lowest BCUT2D eigenvalue weighted by molar-refractivity contribution is -0.0584. The number of amides is 1. The summed E-state index contributed by atoms with van der Waals surface area (Å²) >= 11 is 0. The fourth-order valence-corrected chi connectivity index (χ4v) is 14.1. The summed E-state index contributed by atoms with van der Waals surface area (Å²) in [5.74, 6) is 5.79. The molecular formula is C59H106N2O5. The fraction of sp³-hybridized carbons (Fsp3) is 0.915. The summed E-state index contributed by atoms with van der Waals surface area (Å²) < 4.78 is 24.6. The summed E-state index contributed by atoms with van der Waals surface area (Å²) in [6, 6.07) is 0. The zero-order valence-electron chi connectivity index (χ0n) is 44.4. The number of likely N-dealkylation sites (tertiary alicyclic amines) is 1. The molecule has 4 aliphatic carbocycles. The molecule has 66 heavy (non-hydrogen) atoms. The molecule has 0 radical (unpaired) electrons.